The molecule has 148 valence electrons. The molecule has 3 fully saturated rings. The quantitative estimate of drug-likeness (QED) is 0.710. The van der Waals surface area contributed by atoms with Gasteiger partial charge in [-0.25, -0.2) is 4.79 Å². The molecule has 7 nitrogen and oxygen atoms in total. The number of esters is 1. The number of carbonyl (C=O) groups excluding carboxylic acids is 2. The van der Waals surface area contributed by atoms with Crippen LogP contribution in [0, 0.1) is 5.92 Å². The average molecular weight is 369 g/mol. The predicted molar refractivity (Wildman–Crippen MR) is 93.4 cm³/mol. The van der Waals surface area contributed by atoms with Crippen LogP contribution in [0.3, 0.4) is 0 Å². The van der Waals surface area contributed by atoms with Gasteiger partial charge < -0.3 is 18.9 Å². The summed E-state index contributed by atoms with van der Waals surface area (Å²) in [6.45, 7) is 11.7. The summed E-state index contributed by atoms with van der Waals surface area (Å²) in [7, 11) is 0. The maximum absolute atomic E-state index is 12.8. The molecule has 3 saturated heterocycles. The molecule has 3 heterocycles. The lowest BCUT2D eigenvalue weighted by atomic mass is 9.85. The molecule has 0 aromatic rings. The van der Waals surface area contributed by atoms with Gasteiger partial charge in [-0.1, -0.05) is 13.8 Å². The lowest BCUT2D eigenvalue weighted by Gasteiger charge is -2.32. The van der Waals surface area contributed by atoms with E-state index in [1.807, 2.05) is 34.6 Å². The molecule has 3 rings (SSSR count). The number of carbonyl (C=O) groups is 2. The van der Waals surface area contributed by atoms with Crippen LogP contribution in [0.5, 0.6) is 0 Å². The van der Waals surface area contributed by atoms with Crippen LogP contribution in [0.2, 0.25) is 0 Å². The smallest absolute Gasteiger partial charge is 0.410 e. The summed E-state index contributed by atoms with van der Waals surface area (Å²) in [5.74, 6) is -1.31. The molecule has 2 bridgehead atoms. The minimum absolute atomic E-state index is 0.224. The number of rotatable bonds is 4. The maximum Gasteiger partial charge on any atom is 0.410 e. The molecule has 0 aromatic heterocycles. The molecule has 0 aromatic carbocycles. The number of nitrogens with zero attached hydrogens (tertiary/aromatic N) is 1. The van der Waals surface area contributed by atoms with Gasteiger partial charge in [0.1, 0.15) is 17.8 Å². The first kappa shape index (κ1) is 19.4. The second kappa shape index (κ2) is 6.68. The van der Waals surface area contributed by atoms with E-state index in [0.29, 0.717) is 13.0 Å². The highest BCUT2D eigenvalue weighted by atomic mass is 16.8. The van der Waals surface area contributed by atoms with Crippen molar-refractivity contribution in [3.63, 3.8) is 0 Å². The van der Waals surface area contributed by atoms with Crippen LogP contribution in [0.15, 0.2) is 0 Å². The zero-order valence-corrected chi connectivity index (χ0v) is 16.6. The summed E-state index contributed by atoms with van der Waals surface area (Å²) in [4.78, 5) is 27.0. The highest BCUT2D eigenvalue weighted by molar-refractivity contribution is 5.78. The largest absolute Gasteiger partial charge is 0.466 e. The van der Waals surface area contributed by atoms with E-state index in [9.17, 15) is 9.59 Å². The Hall–Kier alpha value is -1.34. The second-order valence-corrected chi connectivity index (χ2v) is 8.32. The average Bonchev–Trinajstić information content (AvgIpc) is 3.20. The first-order chi connectivity index (χ1) is 12.2. The summed E-state index contributed by atoms with van der Waals surface area (Å²) in [5, 5.41) is 0. The minimum atomic E-state index is -0.630. The van der Waals surface area contributed by atoms with Crippen molar-refractivity contribution in [2.24, 2.45) is 5.92 Å². The lowest BCUT2D eigenvalue weighted by molar-refractivity contribution is -0.193. The summed E-state index contributed by atoms with van der Waals surface area (Å²) < 4.78 is 23.4. The molecule has 1 amide bonds. The summed E-state index contributed by atoms with van der Waals surface area (Å²) in [5.41, 5.74) is -0.605. The van der Waals surface area contributed by atoms with Gasteiger partial charge in [0.05, 0.1) is 24.6 Å². The molecule has 0 N–H and O–H groups in total. The standard InChI is InChI=1S/C19H31NO6/c1-7-19(8-2)24-14-12-10-11(16(21)23-9-3)13(15(14)25-19)20(12)17(22)26-18(4,5)6/h11-15H,7-10H2,1-6H3. The van der Waals surface area contributed by atoms with Crippen molar-refractivity contribution in [1.29, 1.82) is 0 Å². The van der Waals surface area contributed by atoms with Crippen LogP contribution >= 0.6 is 0 Å². The third kappa shape index (κ3) is 3.09. The Balaban J connectivity index is 1.87. The Morgan fingerprint density at radius 1 is 1.12 bits per heavy atom. The van der Waals surface area contributed by atoms with Crippen LogP contribution < -0.4 is 0 Å². The first-order valence-electron chi connectivity index (χ1n) is 9.70. The van der Waals surface area contributed by atoms with Gasteiger partial charge in [0.25, 0.3) is 0 Å². The molecule has 3 aliphatic rings. The SMILES string of the molecule is CCOC(=O)C1CC2C3OC(CC)(CC)OC3C1N2C(=O)OC(C)(C)C. The number of ether oxygens (including phenoxy) is 4. The van der Waals surface area contributed by atoms with Crippen molar-refractivity contribution < 1.29 is 28.5 Å². The van der Waals surface area contributed by atoms with Crippen molar-refractivity contribution in [1.82, 2.24) is 4.90 Å². The predicted octanol–water partition coefficient (Wildman–Crippen LogP) is 2.86. The Kier molecular flexibility index (Phi) is 4.99. The summed E-state index contributed by atoms with van der Waals surface area (Å²) in [6.07, 6.45) is 1.02. The normalized spacial score (nSPS) is 34.7. The van der Waals surface area contributed by atoms with Crippen LogP contribution in [-0.2, 0) is 23.7 Å². The number of amides is 1. The van der Waals surface area contributed by atoms with Crippen LogP contribution in [0.4, 0.5) is 4.79 Å². The fourth-order valence-corrected chi connectivity index (χ4v) is 4.47. The molecule has 5 unspecified atom stereocenters. The fraction of sp³-hybridized carbons (Fsp3) is 0.895. The van der Waals surface area contributed by atoms with E-state index in [2.05, 4.69) is 0 Å². The number of hydrogen-bond acceptors (Lipinski definition) is 6. The molecule has 0 aliphatic carbocycles. The molecule has 26 heavy (non-hydrogen) atoms. The van der Waals surface area contributed by atoms with Crippen molar-refractivity contribution in [3.8, 4) is 0 Å². The second-order valence-electron chi connectivity index (χ2n) is 8.32. The highest BCUT2D eigenvalue weighted by Gasteiger charge is 2.68. The maximum atomic E-state index is 12.8. The van der Waals surface area contributed by atoms with Gasteiger partial charge in [0.15, 0.2) is 5.79 Å². The van der Waals surface area contributed by atoms with Crippen molar-refractivity contribution in [2.75, 3.05) is 6.61 Å². The molecule has 3 aliphatic heterocycles. The third-order valence-electron chi connectivity index (χ3n) is 5.60. The zero-order valence-electron chi connectivity index (χ0n) is 16.6. The number of hydrogen-bond donors (Lipinski definition) is 0. The Morgan fingerprint density at radius 3 is 2.27 bits per heavy atom. The van der Waals surface area contributed by atoms with Gasteiger partial charge in [-0.2, -0.15) is 0 Å². The van der Waals surface area contributed by atoms with E-state index in [4.69, 9.17) is 18.9 Å². The van der Waals surface area contributed by atoms with Crippen LogP contribution in [-0.4, -0.2) is 59.2 Å². The van der Waals surface area contributed by atoms with Crippen molar-refractivity contribution in [3.05, 3.63) is 0 Å². The Labute approximate surface area is 155 Å². The topological polar surface area (TPSA) is 74.3 Å². The lowest BCUT2D eigenvalue weighted by Crippen LogP contribution is -2.47. The first-order valence-corrected chi connectivity index (χ1v) is 9.70. The van der Waals surface area contributed by atoms with Gasteiger partial charge in [-0.15, -0.1) is 0 Å². The molecular formula is C19H31NO6. The van der Waals surface area contributed by atoms with Crippen LogP contribution in [0.25, 0.3) is 0 Å². The van der Waals surface area contributed by atoms with E-state index >= 15 is 0 Å². The fourth-order valence-electron chi connectivity index (χ4n) is 4.47. The molecule has 0 saturated carbocycles. The van der Waals surface area contributed by atoms with Gasteiger partial charge in [0.2, 0.25) is 0 Å². The van der Waals surface area contributed by atoms with E-state index in [1.165, 1.54) is 0 Å². The van der Waals surface area contributed by atoms with Crippen molar-refractivity contribution >= 4 is 12.1 Å². The van der Waals surface area contributed by atoms with Gasteiger partial charge >= 0.3 is 12.1 Å². The van der Waals surface area contributed by atoms with E-state index in [0.717, 1.165) is 12.8 Å². The Bertz CT molecular complexity index is 567. The molecule has 7 heteroatoms. The summed E-state index contributed by atoms with van der Waals surface area (Å²) in [6, 6.07) is -0.631. The van der Waals surface area contributed by atoms with Gasteiger partial charge in [-0.3, -0.25) is 9.69 Å². The van der Waals surface area contributed by atoms with Gasteiger partial charge in [-0.05, 0) is 47.0 Å². The molecule has 5 atom stereocenters. The molecule has 0 radical (unpaired) electrons. The summed E-state index contributed by atoms with van der Waals surface area (Å²) >= 11 is 0. The highest BCUT2D eigenvalue weighted by Crippen LogP contribution is 2.52. The van der Waals surface area contributed by atoms with E-state index in [1.54, 1.807) is 11.8 Å². The molecule has 0 spiro atoms. The van der Waals surface area contributed by atoms with Gasteiger partial charge in [0, 0.05) is 0 Å². The van der Waals surface area contributed by atoms with Crippen LogP contribution in [0.1, 0.15) is 60.8 Å². The van der Waals surface area contributed by atoms with E-state index < -0.39 is 29.4 Å². The number of fused-ring (bicyclic) bond motifs is 5. The van der Waals surface area contributed by atoms with E-state index in [-0.39, 0.29) is 24.2 Å². The zero-order chi connectivity index (χ0) is 19.3. The third-order valence-corrected chi connectivity index (χ3v) is 5.60. The monoisotopic (exact) mass is 369 g/mol. The molecular weight excluding hydrogens is 338 g/mol. The minimum Gasteiger partial charge on any atom is -0.466 e. The Morgan fingerprint density at radius 2 is 1.73 bits per heavy atom. The van der Waals surface area contributed by atoms with Crippen molar-refractivity contribution in [2.45, 2.75) is 96.5 Å².